The van der Waals surface area contributed by atoms with E-state index in [9.17, 15) is 22.0 Å². The van der Waals surface area contributed by atoms with Crippen molar-refractivity contribution in [3.63, 3.8) is 0 Å². The quantitative estimate of drug-likeness (QED) is 0.241. The van der Waals surface area contributed by atoms with Crippen molar-refractivity contribution < 1.29 is 31.5 Å². The van der Waals surface area contributed by atoms with E-state index < -0.39 is 56.6 Å². The molecule has 0 spiro atoms. The van der Waals surface area contributed by atoms with Crippen LogP contribution < -0.4 is 15.4 Å². The van der Waals surface area contributed by atoms with Gasteiger partial charge in [-0.3, -0.25) is 10.3 Å². The van der Waals surface area contributed by atoms with Gasteiger partial charge in [0.1, 0.15) is 23.3 Å². The van der Waals surface area contributed by atoms with Crippen molar-refractivity contribution in [2.45, 2.75) is 69.2 Å². The largest absolute Gasteiger partial charge is 0.444 e. The number of amides is 1. The number of carbonyl (C=O) groups is 1. The van der Waals surface area contributed by atoms with Crippen molar-refractivity contribution in [3.8, 4) is 0 Å². The summed E-state index contributed by atoms with van der Waals surface area (Å²) in [5.41, 5.74) is 0.426. The van der Waals surface area contributed by atoms with Crippen LogP contribution in [0.3, 0.4) is 0 Å². The number of carbonyl (C=O) groups excluding carboxylic acids is 1. The number of nitrogens with one attached hydrogen (secondary N) is 4. The third-order valence-corrected chi connectivity index (χ3v) is 7.38. The number of sulfonamides is 1. The normalized spacial score (nSPS) is 21.6. The van der Waals surface area contributed by atoms with E-state index in [1.165, 1.54) is 13.2 Å². The lowest BCUT2D eigenvalue weighted by Gasteiger charge is -2.40. The predicted molar refractivity (Wildman–Crippen MR) is 135 cm³/mol. The van der Waals surface area contributed by atoms with E-state index in [4.69, 9.17) is 14.9 Å². The molecule has 1 amide bonds. The van der Waals surface area contributed by atoms with Gasteiger partial charge < -0.3 is 20.1 Å². The lowest BCUT2D eigenvalue weighted by atomic mass is 9.92. The molecule has 3 heterocycles. The van der Waals surface area contributed by atoms with Gasteiger partial charge in [-0.15, -0.1) is 0 Å². The number of benzene rings is 1. The second kappa shape index (κ2) is 11.0. The molecule has 2 aliphatic rings. The average Bonchev–Trinajstić information content (AvgIpc) is 3.28. The Bertz CT molecular complexity index is 1370. The fourth-order valence-electron chi connectivity index (χ4n) is 4.48. The number of nitrogens with zero attached hydrogens (tertiary/aromatic N) is 3. The summed E-state index contributed by atoms with van der Waals surface area (Å²) in [4.78, 5) is 22.8. The van der Waals surface area contributed by atoms with Crippen LogP contribution in [0.15, 0.2) is 29.6 Å². The Morgan fingerprint density at radius 1 is 1.26 bits per heavy atom. The minimum Gasteiger partial charge on any atom is -0.444 e. The Hall–Kier alpha value is -3.43. The van der Waals surface area contributed by atoms with Crippen LogP contribution in [0.5, 0.6) is 0 Å². The molecule has 1 fully saturated rings. The van der Waals surface area contributed by atoms with Gasteiger partial charge in [0, 0.05) is 43.5 Å². The molecule has 0 saturated carbocycles. The predicted octanol–water partition coefficient (Wildman–Crippen LogP) is 1.93. The van der Waals surface area contributed by atoms with E-state index in [1.807, 2.05) is 9.62 Å². The number of hydrogen-bond donors (Lipinski definition) is 4. The number of ether oxygens (including phenoxy) is 2. The molecule has 3 atom stereocenters. The van der Waals surface area contributed by atoms with Crippen LogP contribution in [0.1, 0.15) is 50.1 Å². The van der Waals surface area contributed by atoms with Crippen LogP contribution in [0.25, 0.3) is 0 Å². The number of rotatable bonds is 5. The van der Waals surface area contributed by atoms with Crippen LogP contribution >= 0.6 is 0 Å². The maximum Gasteiger partial charge on any atom is 0.407 e. The molecule has 2 aromatic rings. The molecule has 1 unspecified atom stereocenters. The first-order chi connectivity index (χ1) is 18.3. The molecule has 1 aromatic carbocycles. The van der Waals surface area contributed by atoms with E-state index >= 15 is 0 Å². The highest BCUT2D eigenvalue weighted by atomic mass is 32.2. The van der Waals surface area contributed by atoms with Crippen molar-refractivity contribution in [1.29, 1.82) is 5.41 Å². The summed E-state index contributed by atoms with van der Waals surface area (Å²) in [7, 11) is -2.75. The molecule has 12 nitrogen and oxygen atoms in total. The Kier molecular flexibility index (Phi) is 8.04. The average molecular weight is 568 g/mol. The summed E-state index contributed by atoms with van der Waals surface area (Å²) in [6.07, 6.45) is 0.0568. The van der Waals surface area contributed by atoms with Gasteiger partial charge in [-0.2, -0.15) is 8.42 Å². The monoisotopic (exact) mass is 567 g/mol. The number of halogens is 2. The molecule has 0 aliphatic carbocycles. The number of alkyl carbamates (subject to hydrolysis) is 1. The number of guanidine groups is 1. The van der Waals surface area contributed by atoms with E-state index in [2.05, 4.69) is 20.6 Å². The Balaban J connectivity index is 1.53. The zero-order valence-electron chi connectivity index (χ0n) is 21.9. The van der Waals surface area contributed by atoms with Crippen molar-refractivity contribution in [3.05, 3.63) is 52.9 Å². The maximum atomic E-state index is 14.7. The zero-order chi connectivity index (χ0) is 28.5. The minimum atomic E-state index is -4.15. The first-order valence-electron chi connectivity index (χ1n) is 12.2. The number of hydrogen-bond acceptors (Lipinski definition) is 9. The molecule has 4 N–H and O–H groups in total. The van der Waals surface area contributed by atoms with Gasteiger partial charge in [0.05, 0.1) is 18.3 Å². The standard InChI is InChI=1S/C24H31F2N7O5S/c1-24(2,3)38-23(34)31-18-8-15(12-37-20(18)16-7-14(25)5-6-17(16)26)33-10-13-9-29-22(30-19(13)11-33)39(35,36)32-21(27)28-4/h5-7,9,15,18,20H,8,10-12H2,1-4H3,(H,31,34)(H3,27,28,32)/t15-,18+,20?/m1/s1. The van der Waals surface area contributed by atoms with Crippen molar-refractivity contribution >= 4 is 22.1 Å². The first kappa shape index (κ1) is 28.6. The molecule has 1 saturated heterocycles. The highest BCUT2D eigenvalue weighted by Gasteiger charge is 2.40. The second-order valence-electron chi connectivity index (χ2n) is 10.3. The molecule has 212 valence electrons. The summed E-state index contributed by atoms with van der Waals surface area (Å²) in [6.45, 7) is 5.94. The zero-order valence-corrected chi connectivity index (χ0v) is 22.7. The van der Waals surface area contributed by atoms with Crippen LogP contribution in [-0.4, -0.2) is 66.7 Å². The summed E-state index contributed by atoms with van der Waals surface area (Å²) >= 11 is 0. The third kappa shape index (κ3) is 6.78. The molecule has 0 bridgehead atoms. The number of fused-ring (bicyclic) bond motifs is 1. The SMILES string of the molecule is CNC(=N)NS(=O)(=O)c1ncc2c(n1)CN([C@H]1COC(c3cc(F)ccc3F)[C@@H](NC(=O)OC(C)(C)C)C1)C2. The Labute approximate surface area is 225 Å². The maximum absolute atomic E-state index is 14.7. The molecule has 2 aliphatic heterocycles. The van der Waals surface area contributed by atoms with Crippen molar-refractivity contribution in [1.82, 2.24) is 30.2 Å². The highest BCUT2D eigenvalue weighted by molar-refractivity contribution is 7.89. The van der Waals surface area contributed by atoms with Crippen LogP contribution in [0.2, 0.25) is 0 Å². The van der Waals surface area contributed by atoms with Crippen molar-refractivity contribution in [2.24, 2.45) is 0 Å². The minimum absolute atomic E-state index is 0.0143. The molecule has 0 radical (unpaired) electrons. The van der Waals surface area contributed by atoms with E-state index in [0.29, 0.717) is 24.2 Å². The van der Waals surface area contributed by atoms with E-state index in [1.54, 1.807) is 20.8 Å². The topological polar surface area (TPSA) is 159 Å². The third-order valence-electron chi connectivity index (χ3n) is 6.23. The lowest BCUT2D eigenvalue weighted by Crippen LogP contribution is -2.52. The number of aromatic nitrogens is 2. The Morgan fingerprint density at radius 2 is 2.00 bits per heavy atom. The van der Waals surface area contributed by atoms with Crippen LogP contribution in [0.4, 0.5) is 13.6 Å². The lowest BCUT2D eigenvalue weighted by molar-refractivity contribution is -0.0628. The second-order valence-corrected chi connectivity index (χ2v) is 11.9. The van der Waals surface area contributed by atoms with E-state index in [-0.39, 0.29) is 24.8 Å². The van der Waals surface area contributed by atoms with Crippen LogP contribution in [0, 0.1) is 17.0 Å². The van der Waals surface area contributed by atoms with E-state index in [0.717, 1.165) is 18.2 Å². The summed E-state index contributed by atoms with van der Waals surface area (Å²) < 4.78 is 67.0. The summed E-state index contributed by atoms with van der Waals surface area (Å²) in [6, 6.07) is 2.04. The molecule has 1 aromatic heterocycles. The van der Waals surface area contributed by atoms with Gasteiger partial charge in [-0.25, -0.2) is 28.3 Å². The van der Waals surface area contributed by atoms with Gasteiger partial charge in [0.25, 0.3) is 15.2 Å². The van der Waals surface area contributed by atoms with Gasteiger partial charge >= 0.3 is 6.09 Å². The summed E-state index contributed by atoms with van der Waals surface area (Å²) in [5, 5.41) is 12.2. The fourth-order valence-corrected chi connectivity index (χ4v) is 5.37. The molecular formula is C24H31F2N7O5S. The Morgan fingerprint density at radius 3 is 2.69 bits per heavy atom. The van der Waals surface area contributed by atoms with Gasteiger partial charge in [-0.1, -0.05) is 0 Å². The smallest absolute Gasteiger partial charge is 0.407 e. The molecule has 4 rings (SSSR count). The molecule has 39 heavy (non-hydrogen) atoms. The van der Waals surface area contributed by atoms with Crippen molar-refractivity contribution in [2.75, 3.05) is 13.7 Å². The van der Waals surface area contributed by atoms with Gasteiger partial charge in [0.15, 0.2) is 0 Å². The van der Waals surface area contributed by atoms with Gasteiger partial charge in [-0.05, 0) is 45.4 Å². The molecule has 15 heteroatoms. The highest BCUT2D eigenvalue weighted by Crippen LogP contribution is 2.35. The fraction of sp³-hybridized carbons (Fsp3) is 0.500. The van der Waals surface area contributed by atoms with Gasteiger partial charge in [0.2, 0.25) is 5.96 Å². The molecular weight excluding hydrogens is 536 g/mol. The summed E-state index contributed by atoms with van der Waals surface area (Å²) in [5.74, 6) is -1.71. The van der Waals surface area contributed by atoms with Crippen LogP contribution in [-0.2, 0) is 32.6 Å². The first-order valence-corrected chi connectivity index (χ1v) is 13.7.